The first-order valence-electron chi connectivity index (χ1n) is 5.20. The molecule has 14 heavy (non-hydrogen) atoms. The summed E-state index contributed by atoms with van der Waals surface area (Å²) in [4.78, 5) is 0. The molecule has 2 unspecified atom stereocenters. The standard InChI is InChI=1S/C11H16OS2/c12-10-5-2-1-4-9(10)8-14-11-6-3-7-13-11/h3,6-7,9-10,12H,1-2,4-5,8H2. The Morgan fingerprint density at radius 1 is 1.43 bits per heavy atom. The summed E-state index contributed by atoms with van der Waals surface area (Å²) in [6.07, 6.45) is 4.68. The van der Waals surface area contributed by atoms with Crippen LogP contribution in [-0.2, 0) is 0 Å². The van der Waals surface area contributed by atoms with Gasteiger partial charge in [-0.25, -0.2) is 0 Å². The number of hydrogen-bond acceptors (Lipinski definition) is 3. The van der Waals surface area contributed by atoms with Crippen molar-refractivity contribution in [3.63, 3.8) is 0 Å². The van der Waals surface area contributed by atoms with Gasteiger partial charge in [-0.2, -0.15) is 0 Å². The molecule has 0 spiro atoms. The molecule has 1 heterocycles. The van der Waals surface area contributed by atoms with Crippen LogP contribution in [0.1, 0.15) is 25.7 Å². The number of thioether (sulfide) groups is 1. The van der Waals surface area contributed by atoms with E-state index in [0.29, 0.717) is 5.92 Å². The van der Waals surface area contributed by atoms with Crippen molar-refractivity contribution < 1.29 is 5.11 Å². The highest BCUT2D eigenvalue weighted by atomic mass is 32.2. The Bertz CT molecular complexity index is 258. The highest BCUT2D eigenvalue weighted by Crippen LogP contribution is 2.31. The fourth-order valence-corrected chi connectivity index (χ4v) is 3.95. The quantitative estimate of drug-likeness (QED) is 0.800. The van der Waals surface area contributed by atoms with Gasteiger partial charge in [0.15, 0.2) is 0 Å². The predicted molar refractivity (Wildman–Crippen MR) is 63.0 cm³/mol. The zero-order valence-electron chi connectivity index (χ0n) is 8.19. The van der Waals surface area contributed by atoms with Crippen LogP contribution in [0.25, 0.3) is 0 Å². The van der Waals surface area contributed by atoms with Crippen molar-refractivity contribution in [2.45, 2.75) is 36.0 Å². The number of hydrogen-bond donors (Lipinski definition) is 1. The van der Waals surface area contributed by atoms with E-state index in [1.54, 1.807) is 11.3 Å². The number of thiophene rings is 1. The second kappa shape index (κ2) is 5.19. The molecular formula is C11H16OS2. The average molecular weight is 228 g/mol. The fraction of sp³-hybridized carbons (Fsp3) is 0.636. The Hall–Kier alpha value is 0.01000. The fourth-order valence-electron chi connectivity index (χ4n) is 1.92. The lowest BCUT2D eigenvalue weighted by Crippen LogP contribution is -2.26. The maximum absolute atomic E-state index is 9.79. The maximum Gasteiger partial charge on any atom is 0.0598 e. The van der Waals surface area contributed by atoms with E-state index in [1.165, 1.54) is 23.5 Å². The Kier molecular flexibility index (Phi) is 3.90. The minimum atomic E-state index is -0.0452. The van der Waals surface area contributed by atoms with Crippen molar-refractivity contribution in [2.24, 2.45) is 5.92 Å². The zero-order valence-corrected chi connectivity index (χ0v) is 9.82. The summed E-state index contributed by atoms with van der Waals surface area (Å²) in [5.74, 6) is 1.61. The van der Waals surface area contributed by atoms with Crippen molar-refractivity contribution in [1.29, 1.82) is 0 Å². The van der Waals surface area contributed by atoms with Gasteiger partial charge in [-0.3, -0.25) is 0 Å². The second-order valence-electron chi connectivity index (χ2n) is 3.85. The van der Waals surface area contributed by atoms with Crippen LogP contribution >= 0.6 is 23.1 Å². The first-order chi connectivity index (χ1) is 6.86. The molecule has 1 aliphatic rings. The van der Waals surface area contributed by atoms with Crippen LogP contribution in [0.3, 0.4) is 0 Å². The molecule has 2 atom stereocenters. The summed E-state index contributed by atoms with van der Waals surface area (Å²) in [5, 5.41) is 11.9. The molecule has 1 N–H and O–H groups in total. The molecule has 0 bridgehead atoms. The molecule has 0 radical (unpaired) electrons. The van der Waals surface area contributed by atoms with Gasteiger partial charge in [0.25, 0.3) is 0 Å². The average Bonchev–Trinajstić information content (AvgIpc) is 2.69. The first-order valence-corrected chi connectivity index (χ1v) is 7.07. The molecule has 1 saturated carbocycles. The number of aliphatic hydroxyl groups excluding tert-OH is 1. The predicted octanol–water partition coefficient (Wildman–Crippen LogP) is 3.39. The van der Waals surface area contributed by atoms with Crippen molar-refractivity contribution in [2.75, 3.05) is 5.75 Å². The lowest BCUT2D eigenvalue weighted by molar-refractivity contribution is 0.0816. The number of aliphatic hydroxyl groups is 1. The lowest BCUT2D eigenvalue weighted by Gasteiger charge is -2.26. The highest BCUT2D eigenvalue weighted by molar-refractivity contribution is 8.01. The van der Waals surface area contributed by atoms with Crippen molar-refractivity contribution >= 4 is 23.1 Å². The highest BCUT2D eigenvalue weighted by Gasteiger charge is 2.22. The van der Waals surface area contributed by atoms with Gasteiger partial charge in [0.05, 0.1) is 10.3 Å². The smallest absolute Gasteiger partial charge is 0.0598 e. The summed E-state index contributed by atoms with van der Waals surface area (Å²) < 4.78 is 1.38. The van der Waals surface area contributed by atoms with Gasteiger partial charge in [0.2, 0.25) is 0 Å². The third-order valence-electron chi connectivity index (χ3n) is 2.80. The van der Waals surface area contributed by atoms with Crippen LogP contribution in [-0.4, -0.2) is 17.0 Å². The molecule has 1 nitrogen and oxygen atoms in total. The molecule has 1 aromatic heterocycles. The Morgan fingerprint density at radius 3 is 3.00 bits per heavy atom. The lowest BCUT2D eigenvalue weighted by atomic mass is 9.88. The van der Waals surface area contributed by atoms with Crippen LogP contribution in [0, 0.1) is 5.92 Å². The van der Waals surface area contributed by atoms with E-state index in [-0.39, 0.29) is 6.10 Å². The SMILES string of the molecule is OC1CCCCC1CSc1cccs1. The molecule has 0 saturated heterocycles. The molecular weight excluding hydrogens is 212 g/mol. The number of rotatable bonds is 3. The minimum absolute atomic E-state index is 0.0452. The molecule has 2 rings (SSSR count). The topological polar surface area (TPSA) is 20.2 Å². The largest absolute Gasteiger partial charge is 0.393 e. The summed E-state index contributed by atoms with van der Waals surface area (Å²) in [6.45, 7) is 0. The first kappa shape index (κ1) is 10.5. The summed E-state index contributed by atoms with van der Waals surface area (Å²) in [7, 11) is 0. The van der Waals surface area contributed by atoms with E-state index in [2.05, 4.69) is 17.5 Å². The van der Waals surface area contributed by atoms with Crippen molar-refractivity contribution in [3.8, 4) is 0 Å². The maximum atomic E-state index is 9.79. The molecule has 0 aliphatic heterocycles. The zero-order chi connectivity index (χ0) is 9.80. The van der Waals surface area contributed by atoms with Gasteiger partial charge in [-0.05, 0) is 30.2 Å². The third kappa shape index (κ3) is 2.75. The van der Waals surface area contributed by atoms with E-state index in [9.17, 15) is 5.11 Å². The van der Waals surface area contributed by atoms with Gasteiger partial charge >= 0.3 is 0 Å². The van der Waals surface area contributed by atoms with Gasteiger partial charge in [-0.1, -0.05) is 18.9 Å². The van der Waals surface area contributed by atoms with Crippen LogP contribution in [0.2, 0.25) is 0 Å². The molecule has 0 amide bonds. The molecule has 1 aliphatic carbocycles. The Labute approximate surface area is 93.5 Å². The van der Waals surface area contributed by atoms with Gasteiger partial charge in [0, 0.05) is 5.75 Å². The van der Waals surface area contributed by atoms with Crippen LogP contribution < -0.4 is 0 Å². The molecule has 3 heteroatoms. The van der Waals surface area contributed by atoms with E-state index in [1.807, 2.05) is 11.8 Å². The third-order valence-corrected chi connectivity index (χ3v) is 5.12. The molecule has 1 aromatic rings. The summed E-state index contributed by atoms with van der Waals surface area (Å²) in [5.41, 5.74) is 0. The Balaban J connectivity index is 1.79. The minimum Gasteiger partial charge on any atom is -0.393 e. The summed E-state index contributed by atoms with van der Waals surface area (Å²) in [6, 6.07) is 4.24. The van der Waals surface area contributed by atoms with Gasteiger partial charge < -0.3 is 5.11 Å². The molecule has 78 valence electrons. The monoisotopic (exact) mass is 228 g/mol. The molecule has 0 aromatic carbocycles. The summed E-state index contributed by atoms with van der Waals surface area (Å²) >= 11 is 3.69. The Morgan fingerprint density at radius 2 is 2.29 bits per heavy atom. The van der Waals surface area contributed by atoms with Crippen LogP contribution in [0.15, 0.2) is 21.7 Å². The van der Waals surface area contributed by atoms with Crippen LogP contribution in [0.5, 0.6) is 0 Å². The van der Waals surface area contributed by atoms with Crippen molar-refractivity contribution in [3.05, 3.63) is 17.5 Å². The van der Waals surface area contributed by atoms with Gasteiger partial charge in [-0.15, -0.1) is 23.1 Å². The van der Waals surface area contributed by atoms with Gasteiger partial charge in [0.1, 0.15) is 0 Å². The van der Waals surface area contributed by atoms with Crippen molar-refractivity contribution in [1.82, 2.24) is 0 Å². The van der Waals surface area contributed by atoms with E-state index in [0.717, 1.165) is 12.2 Å². The molecule has 1 fully saturated rings. The van der Waals surface area contributed by atoms with Crippen LogP contribution in [0.4, 0.5) is 0 Å². The van der Waals surface area contributed by atoms with E-state index in [4.69, 9.17) is 0 Å². The van der Waals surface area contributed by atoms with E-state index >= 15 is 0 Å². The van der Waals surface area contributed by atoms with E-state index < -0.39 is 0 Å². The second-order valence-corrected chi connectivity index (χ2v) is 6.12. The normalized spacial score (nSPS) is 27.8.